The van der Waals surface area contributed by atoms with Gasteiger partial charge in [0, 0.05) is 12.3 Å². The second-order valence-electron chi connectivity index (χ2n) is 7.11. The van der Waals surface area contributed by atoms with Gasteiger partial charge in [-0.3, -0.25) is 14.2 Å². The standard InChI is InChI=1S/C22H23N3O3S/c1-15-7-2-4-10-18(15)23-20(26)14-29-22-24-19-11-5-3-9-17(19)21(27)25(22)13-16-8-6-12-28-16/h2-5,7,9-11,16H,6,8,12-14H2,1H3,(H,23,26)/t16-/m1/s1. The molecule has 6 nitrogen and oxygen atoms in total. The normalized spacial score (nSPS) is 16.2. The van der Waals surface area contributed by atoms with E-state index in [0.717, 1.165) is 30.7 Å². The van der Waals surface area contributed by atoms with Crippen LogP contribution in [0.3, 0.4) is 0 Å². The number of thioether (sulfide) groups is 1. The summed E-state index contributed by atoms with van der Waals surface area (Å²) in [5.74, 6) is 0.0420. The highest BCUT2D eigenvalue weighted by Crippen LogP contribution is 2.22. The number of aromatic nitrogens is 2. The molecule has 0 bridgehead atoms. The van der Waals surface area contributed by atoms with E-state index >= 15 is 0 Å². The average molecular weight is 410 g/mol. The molecule has 1 atom stereocenters. The molecule has 0 unspecified atom stereocenters. The van der Waals surface area contributed by atoms with Gasteiger partial charge in [0.25, 0.3) is 5.56 Å². The lowest BCUT2D eigenvalue weighted by molar-refractivity contribution is -0.113. The van der Waals surface area contributed by atoms with Gasteiger partial charge in [0.1, 0.15) is 0 Å². The second kappa shape index (κ2) is 8.80. The van der Waals surface area contributed by atoms with Gasteiger partial charge in [-0.05, 0) is 43.5 Å². The van der Waals surface area contributed by atoms with E-state index in [1.54, 1.807) is 10.6 Å². The lowest BCUT2D eigenvalue weighted by atomic mass is 10.2. The summed E-state index contributed by atoms with van der Waals surface area (Å²) in [7, 11) is 0. The third kappa shape index (κ3) is 4.52. The van der Waals surface area contributed by atoms with Crippen molar-refractivity contribution in [3.63, 3.8) is 0 Å². The SMILES string of the molecule is Cc1ccccc1NC(=O)CSc1nc2ccccc2c(=O)n1C[C@H]1CCCO1. The smallest absolute Gasteiger partial charge is 0.262 e. The molecule has 29 heavy (non-hydrogen) atoms. The van der Waals surface area contributed by atoms with Crippen LogP contribution in [0.4, 0.5) is 5.69 Å². The van der Waals surface area contributed by atoms with E-state index in [2.05, 4.69) is 10.3 Å². The van der Waals surface area contributed by atoms with E-state index in [0.29, 0.717) is 22.6 Å². The highest BCUT2D eigenvalue weighted by molar-refractivity contribution is 7.99. The van der Waals surface area contributed by atoms with Crippen molar-refractivity contribution in [2.75, 3.05) is 17.7 Å². The van der Waals surface area contributed by atoms with E-state index in [1.807, 2.05) is 49.4 Å². The third-order valence-electron chi connectivity index (χ3n) is 4.99. The van der Waals surface area contributed by atoms with Crippen LogP contribution >= 0.6 is 11.8 Å². The van der Waals surface area contributed by atoms with Gasteiger partial charge in [-0.25, -0.2) is 4.98 Å². The van der Waals surface area contributed by atoms with E-state index in [-0.39, 0.29) is 23.3 Å². The maximum atomic E-state index is 13.1. The fraction of sp³-hybridized carbons (Fsp3) is 0.318. The number of para-hydroxylation sites is 2. The largest absolute Gasteiger partial charge is 0.376 e. The molecule has 1 fully saturated rings. The Bertz CT molecular complexity index is 1090. The first-order chi connectivity index (χ1) is 14.1. The summed E-state index contributed by atoms with van der Waals surface area (Å²) in [6.45, 7) is 3.13. The summed E-state index contributed by atoms with van der Waals surface area (Å²) >= 11 is 1.28. The zero-order valence-electron chi connectivity index (χ0n) is 16.3. The zero-order chi connectivity index (χ0) is 20.2. The van der Waals surface area contributed by atoms with Crippen LogP contribution in [0.1, 0.15) is 18.4 Å². The minimum atomic E-state index is -0.129. The number of hydrogen-bond donors (Lipinski definition) is 1. The first-order valence-electron chi connectivity index (χ1n) is 9.71. The van der Waals surface area contributed by atoms with Crippen LogP contribution in [-0.4, -0.2) is 33.9 Å². The van der Waals surface area contributed by atoms with Crippen molar-refractivity contribution >= 4 is 34.3 Å². The van der Waals surface area contributed by atoms with Gasteiger partial charge < -0.3 is 10.1 Å². The van der Waals surface area contributed by atoms with Crippen LogP contribution in [0.15, 0.2) is 58.5 Å². The zero-order valence-corrected chi connectivity index (χ0v) is 17.1. The van der Waals surface area contributed by atoms with Gasteiger partial charge in [0.2, 0.25) is 5.91 Å². The Balaban J connectivity index is 1.57. The maximum Gasteiger partial charge on any atom is 0.262 e. The van der Waals surface area contributed by atoms with Crippen molar-refractivity contribution < 1.29 is 9.53 Å². The van der Waals surface area contributed by atoms with Crippen molar-refractivity contribution in [1.29, 1.82) is 0 Å². The van der Waals surface area contributed by atoms with E-state index in [9.17, 15) is 9.59 Å². The van der Waals surface area contributed by atoms with E-state index in [4.69, 9.17) is 4.74 Å². The van der Waals surface area contributed by atoms with Crippen molar-refractivity contribution in [2.45, 2.75) is 37.6 Å². The fourth-order valence-electron chi connectivity index (χ4n) is 3.44. The molecule has 4 rings (SSSR count). The summed E-state index contributed by atoms with van der Waals surface area (Å²) in [5.41, 5.74) is 2.35. The van der Waals surface area contributed by atoms with Gasteiger partial charge >= 0.3 is 0 Å². The molecule has 2 aromatic carbocycles. The molecule has 7 heteroatoms. The number of aryl methyl sites for hydroxylation is 1. The Hall–Kier alpha value is -2.64. The van der Waals surface area contributed by atoms with E-state index in [1.165, 1.54) is 11.8 Å². The van der Waals surface area contributed by atoms with Crippen molar-refractivity contribution in [3.8, 4) is 0 Å². The Morgan fingerprint density at radius 2 is 2.03 bits per heavy atom. The first-order valence-corrected chi connectivity index (χ1v) is 10.7. The summed E-state index contributed by atoms with van der Waals surface area (Å²) in [5, 5.41) is 4.05. The number of fused-ring (bicyclic) bond motifs is 1. The minimum Gasteiger partial charge on any atom is -0.376 e. The Kier molecular flexibility index (Phi) is 5.97. The second-order valence-corrected chi connectivity index (χ2v) is 8.06. The molecule has 1 N–H and O–H groups in total. The molecule has 2 heterocycles. The van der Waals surface area contributed by atoms with Crippen molar-refractivity contribution in [2.24, 2.45) is 0 Å². The molecule has 1 amide bonds. The average Bonchev–Trinajstić information content (AvgIpc) is 3.24. The van der Waals surface area contributed by atoms with E-state index < -0.39 is 0 Å². The highest BCUT2D eigenvalue weighted by Gasteiger charge is 2.20. The number of rotatable bonds is 6. The number of anilines is 1. The Labute approximate surface area is 173 Å². The van der Waals surface area contributed by atoms with Crippen LogP contribution < -0.4 is 10.9 Å². The number of amides is 1. The summed E-state index contributed by atoms with van der Waals surface area (Å²) in [4.78, 5) is 30.2. The van der Waals surface area contributed by atoms with Gasteiger partial charge in [0.05, 0.1) is 29.3 Å². The molecule has 0 radical (unpaired) electrons. The molecule has 1 saturated heterocycles. The number of ether oxygens (including phenoxy) is 1. The maximum absolute atomic E-state index is 13.1. The Morgan fingerprint density at radius 3 is 2.83 bits per heavy atom. The summed E-state index contributed by atoms with van der Waals surface area (Å²) in [6.07, 6.45) is 1.94. The molecule has 0 aliphatic carbocycles. The molecule has 3 aromatic rings. The molecule has 0 spiro atoms. The van der Waals surface area contributed by atoms with Crippen molar-refractivity contribution in [1.82, 2.24) is 9.55 Å². The molecule has 0 saturated carbocycles. The van der Waals surface area contributed by atoms with Crippen LogP contribution in [0, 0.1) is 6.92 Å². The van der Waals surface area contributed by atoms with Crippen LogP contribution in [0.25, 0.3) is 10.9 Å². The van der Waals surface area contributed by atoms with Crippen molar-refractivity contribution in [3.05, 3.63) is 64.4 Å². The summed E-state index contributed by atoms with van der Waals surface area (Å²) < 4.78 is 7.38. The van der Waals surface area contributed by atoms with Crippen LogP contribution in [0.2, 0.25) is 0 Å². The predicted octanol–water partition coefficient (Wildman–Crippen LogP) is 3.61. The highest BCUT2D eigenvalue weighted by atomic mass is 32.2. The number of benzene rings is 2. The van der Waals surface area contributed by atoms with Gasteiger partial charge in [-0.2, -0.15) is 0 Å². The lowest BCUT2D eigenvalue weighted by Gasteiger charge is -2.16. The lowest BCUT2D eigenvalue weighted by Crippen LogP contribution is -2.29. The molecule has 1 aliphatic rings. The van der Waals surface area contributed by atoms with Gasteiger partial charge in [-0.15, -0.1) is 0 Å². The fourth-order valence-corrected chi connectivity index (χ4v) is 4.25. The molecule has 1 aromatic heterocycles. The quantitative estimate of drug-likeness (QED) is 0.497. The first kappa shape index (κ1) is 19.7. The monoisotopic (exact) mass is 409 g/mol. The molecule has 150 valence electrons. The van der Waals surface area contributed by atoms with Crippen LogP contribution in [-0.2, 0) is 16.1 Å². The minimum absolute atomic E-state index is 0.0100. The van der Waals surface area contributed by atoms with Crippen LogP contribution in [0.5, 0.6) is 0 Å². The molecule has 1 aliphatic heterocycles. The number of carbonyl (C=O) groups is 1. The molecular formula is C22H23N3O3S. The number of nitrogens with one attached hydrogen (secondary N) is 1. The number of carbonyl (C=O) groups excluding carboxylic acids is 1. The number of hydrogen-bond acceptors (Lipinski definition) is 5. The topological polar surface area (TPSA) is 73.2 Å². The summed E-state index contributed by atoms with van der Waals surface area (Å²) in [6, 6.07) is 15.0. The third-order valence-corrected chi connectivity index (χ3v) is 5.96. The Morgan fingerprint density at radius 1 is 1.24 bits per heavy atom. The van der Waals surface area contributed by atoms with Gasteiger partial charge in [0.15, 0.2) is 5.16 Å². The van der Waals surface area contributed by atoms with Gasteiger partial charge in [-0.1, -0.05) is 42.1 Å². The number of nitrogens with zero attached hydrogens (tertiary/aromatic N) is 2. The molecular weight excluding hydrogens is 386 g/mol. The predicted molar refractivity (Wildman–Crippen MR) is 116 cm³/mol.